The summed E-state index contributed by atoms with van der Waals surface area (Å²) < 4.78 is 3.55. The molecule has 6 heteroatoms. The van der Waals surface area contributed by atoms with Crippen LogP contribution in [0.15, 0.2) is 12.3 Å². The van der Waals surface area contributed by atoms with E-state index in [0.29, 0.717) is 6.61 Å². The average molecular weight is 308 g/mol. The van der Waals surface area contributed by atoms with E-state index in [1.165, 1.54) is 5.57 Å². The molecule has 0 atom stereocenters. The summed E-state index contributed by atoms with van der Waals surface area (Å²) >= 11 is 17.5. The van der Waals surface area contributed by atoms with Crippen LogP contribution in [0.25, 0.3) is 5.57 Å². The van der Waals surface area contributed by atoms with Crippen LogP contribution in [0.1, 0.15) is 36.3 Å². The van der Waals surface area contributed by atoms with Crippen LogP contribution in [0.4, 0.5) is 0 Å². The molecule has 0 bridgehead atoms. The fourth-order valence-corrected chi connectivity index (χ4v) is 2.24. The molecule has 0 saturated heterocycles. The van der Waals surface area contributed by atoms with Crippen molar-refractivity contribution >= 4 is 40.4 Å². The zero-order chi connectivity index (χ0) is 13.2. The Labute approximate surface area is 121 Å². The fraction of sp³-hybridized carbons (Fsp3) is 0.500. The van der Waals surface area contributed by atoms with E-state index in [4.69, 9.17) is 39.5 Å². The summed E-state index contributed by atoms with van der Waals surface area (Å²) in [6, 6.07) is 0. The monoisotopic (exact) mass is 306 g/mol. The van der Waals surface area contributed by atoms with Crippen molar-refractivity contribution in [3.63, 3.8) is 0 Å². The van der Waals surface area contributed by atoms with Gasteiger partial charge in [-0.3, -0.25) is 0 Å². The Kier molecular flexibility index (Phi) is 4.49. The van der Waals surface area contributed by atoms with Crippen molar-refractivity contribution in [1.82, 2.24) is 9.97 Å². The van der Waals surface area contributed by atoms with Gasteiger partial charge in [0.05, 0.1) is 12.3 Å². The molecule has 3 nitrogen and oxygen atoms in total. The predicted octanol–water partition coefficient (Wildman–Crippen LogP) is 4.02. The molecule has 0 aliphatic heterocycles. The average Bonchev–Trinajstić information content (AvgIpc) is 2.82. The van der Waals surface area contributed by atoms with Gasteiger partial charge in [-0.2, -0.15) is 0 Å². The van der Waals surface area contributed by atoms with E-state index in [0.717, 1.165) is 30.5 Å². The summed E-state index contributed by atoms with van der Waals surface area (Å²) in [6.45, 7) is 0.451. The molecule has 1 aromatic rings. The van der Waals surface area contributed by atoms with Gasteiger partial charge in [0, 0.05) is 18.9 Å². The van der Waals surface area contributed by atoms with Crippen molar-refractivity contribution in [3.05, 3.63) is 29.4 Å². The lowest BCUT2D eigenvalue weighted by molar-refractivity contribution is 0.184. The topological polar surface area (TPSA) is 35.0 Å². The van der Waals surface area contributed by atoms with Gasteiger partial charge in [0.25, 0.3) is 0 Å². The molecule has 0 unspecified atom stereocenters. The minimum atomic E-state index is -1.60. The van der Waals surface area contributed by atoms with E-state index in [9.17, 15) is 0 Å². The Morgan fingerprint density at radius 3 is 2.72 bits per heavy atom. The highest BCUT2D eigenvalue weighted by atomic mass is 35.6. The highest BCUT2D eigenvalue weighted by molar-refractivity contribution is 6.66. The summed E-state index contributed by atoms with van der Waals surface area (Å²) in [5.41, 5.74) is 2.94. The van der Waals surface area contributed by atoms with Gasteiger partial charge in [0.1, 0.15) is 0 Å². The number of halogens is 3. The number of methoxy groups -OCH3 is 1. The lowest BCUT2D eigenvalue weighted by Crippen LogP contribution is -2.11. The number of ether oxygens (including phenoxy) is 1. The molecule has 0 spiro atoms. The van der Waals surface area contributed by atoms with Crippen LogP contribution in [0.3, 0.4) is 0 Å². The molecule has 0 radical (unpaired) electrons. The number of aromatic nitrogens is 2. The molecule has 1 aromatic heterocycles. The highest BCUT2D eigenvalue weighted by Gasteiger charge is 2.28. The third kappa shape index (κ3) is 3.15. The minimum absolute atomic E-state index is 0.204. The molecule has 18 heavy (non-hydrogen) atoms. The van der Waals surface area contributed by atoms with Gasteiger partial charge in [-0.1, -0.05) is 40.9 Å². The fourth-order valence-electron chi connectivity index (χ4n) is 1.97. The lowest BCUT2D eigenvalue weighted by Gasteiger charge is -2.14. The first-order valence-electron chi connectivity index (χ1n) is 5.64. The maximum Gasteiger partial charge on any atom is 0.250 e. The Balaban J connectivity index is 2.44. The summed E-state index contributed by atoms with van der Waals surface area (Å²) in [6.07, 6.45) is 7.03. The zero-order valence-electron chi connectivity index (χ0n) is 9.92. The molecule has 0 aromatic carbocycles. The van der Waals surface area contributed by atoms with Crippen LogP contribution in [-0.2, 0) is 15.1 Å². The van der Waals surface area contributed by atoms with Crippen molar-refractivity contribution in [2.24, 2.45) is 0 Å². The van der Waals surface area contributed by atoms with E-state index in [1.807, 2.05) is 0 Å². The summed E-state index contributed by atoms with van der Waals surface area (Å²) in [5, 5.41) is 0. The van der Waals surface area contributed by atoms with Crippen LogP contribution in [-0.4, -0.2) is 17.1 Å². The van der Waals surface area contributed by atoms with Crippen LogP contribution in [0.5, 0.6) is 0 Å². The smallest absolute Gasteiger partial charge is 0.250 e. The molecule has 1 aliphatic carbocycles. The van der Waals surface area contributed by atoms with E-state index in [1.54, 1.807) is 13.3 Å². The Hall–Kier alpha value is -0.350. The molecule has 0 N–H and O–H groups in total. The van der Waals surface area contributed by atoms with Gasteiger partial charge in [-0.05, 0) is 24.8 Å². The molecule has 0 saturated carbocycles. The largest absolute Gasteiger partial charge is 0.380 e. The second kappa shape index (κ2) is 5.74. The molecule has 1 heterocycles. The van der Waals surface area contributed by atoms with Crippen LogP contribution >= 0.6 is 34.8 Å². The van der Waals surface area contributed by atoms with Crippen molar-refractivity contribution in [1.29, 1.82) is 0 Å². The summed E-state index contributed by atoms with van der Waals surface area (Å²) in [7, 11) is 1.63. The maximum atomic E-state index is 5.82. The number of alkyl halides is 3. The van der Waals surface area contributed by atoms with Crippen LogP contribution in [0.2, 0.25) is 0 Å². The summed E-state index contributed by atoms with van der Waals surface area (Å²) in [5.74, 6) is 0.204. The van der Waals surface area contributed by atoms with Crippen molar-refractivity contribution < 1.29 is 4.74 Å². The number of rotatable bonds is 3. The second-order valence-corrected chi connectivity index (χ2v) is 6.40. The van der Waals surface area contributed by atoms with Gasteiger partial charge in [0.15, 0.2) is 5.82 Å². The maximum absolute atomic E-state index is 5.82. The van der Waals surface area contributed by atoms with E-state index in [2.05, 4.69) is 16.0 Å². The first-order valence-corrected chi connectivity index (χ1v) is 6.77. The minimum Gasteiger partial charge on any atom is -0.380 e. The van der Waals surface area contributed by atoms with Gasteiger partial charge in [-0.25, -0.2) is 9.97 Å². The SMILES string of the molecule is COCc1cnc(C(Cl)(Cl)Cl)nc1C1=CCCC1. The predicted molar refractivity (Wildman–Crippen MR) is 73.8 cm³/mol. The number of hydrogen-bond donors (Lipinski definition) is 0. The molecule has 2 rings (SSSR count). The van der Waals surface area contributed by atoms with Crippen molar-refractivity contribution in [2.45, 2.75) is 29.7 Å². The second-order valence-electron chi connectivity index (χ2n) is 4.12. The molecule has 0 fully saturated rings. The van der Waals surface area contributed by atoms with Crippen LogP contribution in [0, 0.1) is 0 Å². The van der Waals surface area contributed by atoms with E-state index >= 15 is 0 Å². The molecule has 98 valence electrons. The normalized spacial score (nSPS) is 15.9. The third-order valence-corrected chi connectivity index (χ3v) is 3.27. The molecular formula is C12H13Cl3N2O. The zero-order valence-corrected chi connectivity index (χ0v) is 12.2. The first kappa shape index (κ1) is 14.1. The van der Waals surface area contributed by atoms with Gasteiger partial charge in [0.2, 0.25) is 3.79 Å². The number of nitrogens with zero attached hydrogens (tertiary/aromatic N) is 2. The van der Waals surface area contributed by atoms with Crippen molar-refractivity contribution in [2.75, 3.05) is 7.11 Å². The molecule has 1 aliphatic rings. The lowest BCUT2D eigenvalue weighted by atomic mass is 10.1. The van der Waals surface area contributed by atoms with E-state index < -0.39 is 3.79 Å². The summed E-state index contributed by atoms with van der Waals surface area (Å²) in [4.78, 5) is 8.48. The Bertz CT molecular complexity index is 469. The van der Waals surface area contributed by atoms with Gasteiger partial charge >= 0.3 is 0 Å². The standard InChI is InChI=1S/C12H13Cl3N2O/c1-18-7-9-6-16-11(12(13,14)15)17-10(9)8-4-2-3-5-8/h4,6H,2-3,5,7H2,1H3. The highest BCUT2D eigenvalue weighted by Crippen LogP contribution is 2.37. The van der Waals surface area contributed by atoms with Crippen LogP contribution < -0.4 is 0 Å². The number of allylic oxidation sites excluding steroid dienone is 2. The molecule has 0 amide bonds. The van der Waals surface area contributed by atoms with Gasteiger partial charge in [-0.15, -0.1) is 0 Å². The quantitative estimate of drug-likeness (QED) is 0.791. The Morgan fingerprint density at radius 1 is 1.39 bits per heavy atom. The third-order valence-electron chi connectivity index (χ3n) is 2.76. The van der Waals surface area contributed by atoms with Crippen molar-refractivity contribution in [3.8, 4) is 0 Å². The number of hydrogen-bond acceptors (Lipinski definition) is 3. The van der Waals surface area contributed by atoms with Gasteiger partial charge < -0.3 is 4.74 Å². The Morgan fingerprint density at radius 2 is 2.17 bits per heavy atom. The molecular weight excluding hydrogens is 295 g/mol. The first-order chi connectivity index (χ1) is 8.52. The van der Waals surface area contributed by atoms with E-state index in [-0.39, 0.29) is 5.82 Å².